The van der Waals surface area contributed by atoms with Gasteiger partial charge in [-0.25, -0.2) is 9.13 Å². The van der Waals surface area contributed by atoms with E-state index < -0.39 is 0 Å². The van der Waals surface area contributed by atoms with Crippen LogP contribution < -0.4 is 18.6 Å². The maximum Gasteiger partial charge on any atom is 0.169 e. The second-order valence-corrected chi connectivity index (χ2v) is 8.81. The normalized spacial score (nSPS) is 11.1. The molecule has 2 aromatic heterocycles. The van der Waals surface area contributed by atoms with Crippen molar-refractivity contribution in [3.63, 3.8) is 0 Å². The van der Waals surface area contributed by atoms with Crippen LogP contribution in [0.2, 0.25) is 0 Å². The summed E-state index contributed by atoms with van der Waals surface area (Å²) in [6.07, 6.45) is 12.7. The lowest BCUT2D eigenvalue weighted by Gasteiger charge is -2.03. The Bertz CT molecular complexity index is 1250. The summed E-state index contributed by atoms with van der Waals surface area (Å²) in [7, 11) is 3.30. The van der Waals surface area contributed by atoms with E-state index in [1.807, 2.05) is 72.8 Å². The first-order valence-electron chi connectivity index (χ1n) is 12.8. The Kier molecular flexibility index (Phi) is 10.4. The van der Waals surface area contributed by atoms with E-state index in [0.29, 0.717) is 13.2 Å². The zero-order chi connectivity index (χ0) is 27.1. The third-order valence-corrected chi connectivity index (χ3v) is 5.95. The molecule has 4 aromatic rings. The summed E-state index contributed by atoms with van der Waals surface area (Å²) in [5.41, 5.74) is 3.98. The molecular weight excluding hydrogens is 492 g/mol. The van der Waals surface area contributed by atoms with E-state index >= 15 is 0 Å². The van der Waals surface area contributed by atoms with Crippen LogP contribution in [0.3, 0.4) is 0 Å². The van der Waals surface area contributed by atoms with Crippen LogP contribution in [-0.4, -0.2) is 26.6 Å². The van der Waals surface area contributed by atoms with E-state index in [-0.39, 0.29) is 0 Å². The van der Waals surface area contributed by atoms with Gasteiger partial charge in [0.1, 0.15) is 24.7 Å². The fourth-order valence-corrected chi connectivity index (χ4v) is 3.79. The van der Waals surface area contributed by atoms with Crippen molar-refractivity contribution in [3.8, 4) is 11.5 Å². The van der Waals surface area contributed by atoms with Gasteiger partial charge in [-0.15, -0.1) is 0 Å². The molecule has 0 aliphatic rings. The van der Waals surface area contributed by atoms with Gasteiger partial charge in [0.15, 0.2) is 37.9 Å². The van der Waals surface area contributed by atoms with Gasteiger partial charge in [0, 0.05) is 35.4 Å². The number of nitrogens with zero attached hydrogens (tertiary/aromatic N) is 4. The molecule has 0 unspecified atom stereocenters. The molecule has 0 N–H and O–H groups in total. The van der Waals surface area contributed by atoms with Crippen LogP contribution in [0.15, 0.2) is 108 Å². The molecule has 0 amide bonds. The van der Waals surface area contributed by atoms with Crippen LogP contribution in [0.1, 0.15) is 28.7 Å². The molecule has 0 aliphatic heterocycles. The van der Waals surface area contributed by atoms with Gasteiger partial charge in [-0.1, -0.05) is 34.6 Å². The van der Waals surface area contributed by atoms with Gasteiger partial charge in [-0.05, 0) is 35.4 Å². The molecule has 0 radical (unpaired) electrons. The Morgan fingerprint density at radius 3 is 1.46 bits per heavy atom. The molecule has 0 aliphatic carbocycles. The number of benzene rings is 2. The van der Waals surface area contributed by atoms with Crippen LogP contribution in [0.4, 0.5) is 0 Å². The first kappa shape index (κ1) is 27.3. The van der Waals surface area contributed by atoms with E-state index in [4.69, 9.17) is 19.1 Å². The lowest BCUT2D eigenvalue weighted by atomic mass is 10.2. The Morgan fingerprint density at radius 1 is 0.615 bits per heavy atom. The van der Waals surface area contributed by atoms with Crippen molar-refractivity contribution in [2.45, 2.75) is 32.7 Å². The van der Waals surface area contributed by atoms with Crippen LogP contribution in [-0.2, 0) is 36.0 Å². The van der Waals surface area contributed by atoms with Gasteiger partial charge in [0.2, 0.25) is 0 Å². The minimum Gasteiger partial charge on any atom is -0.497 e. The maximum atomic E-state index is 5.41. The highest BCUT2D eigenvalue weighted by Gasteiger charge is 2.05. The highest BCUT2D eigenvalue weighted by atomic mass is 16.6. The molecule has 2 heterocycles. The lowest BCUT2D eigenvalue weighted by molar-refractivity contribution is -0.726. The molecule has 8 nitrogen and oxygen atoms in total. The summed E-state index contributed by atoms with van der Waals surface area (Å²) in [4.78, 5) is 10.8. The van der Waals surface area contributed by atoms with E-state index in [1.54, 1.807) is 26.6 Å². The van der Waals surface area contributed by atoms with Crippen molar-refractivity contribution in [2.75, 3.05) is 14.2 Å². The molecular formula is C31H34N4O4+2. The van der Waals surface area contributed by atoms with Gasteiger partial charge in [-0.3, -0.25) is 0 Å². The first-order chi connectivity index (χ1) is 19.2. The number of rotatable bonds is 14. The van der Waals surface area contributed by atoms with Gasteiger partial charge < -0.3 is 19.1 Å². The molecule has 39 heavy (non-hydrogen) atoms. The minimum atomic E-state index is 0.393. The van der Waals surface area contributed by atoms with Gasteiger partial charge >= 0.3 is 0 Å². The highest BCUT2D eigenvalue weighted by molar-refractivity contribution is 5.78. The van der Waals surface area contributed by atoms with Crippen LogP contribution in [0, 0.1) is 0 Å². The third-order valence-electron chi connectivity index (χ3n) is 5.95. The van der Waals surface area contributed by atoms with Gasteiger partial charge in [0.25, 0.3) is 0 Å². The predicted octanol–water partition coefficient (Wildman–Crippen LogP) is 4.47. The fourth-order valence-electron chi connectivity index (χ4n) is 3.79. The van der Waals surface area contributed by atoms with E-state index in [0.717, 1.165) is 53.3 Å². The number of ether oxygens (including phenoxy) is 2. The number of pyridine rings is 2. The molecule has 0 spiro atoms. The van der Waals surface area contributed by atoms with Crippen LogP contribution in [0.5, 0.6) is 11.5 Å². The number of aryl methyl sites for hydroxylation is 2. The van der Waals surface area contributed by atoms with E-state index in [2.05, 4.69) is 44.2 Å². The number of oxime groups is 2. The number of aromatic nitrogens is 2. The summed E-state index contributed by atoms with van der Waals surface area (Å²) in [5, 5.41) is 8.15. The number of hydrogen-bond acceptors (Lipinski definition) is 6. The molecule has 0 fully saturated rings. The molecule has 4 rings (SSSR count). The predicted molar refractivity (Wildman–Crippen MR) is 149 cm³/mol. The molecule has 0 saturated carbocycles. The zero-order valence-electron chi connectivity index (χ0n) is 22.3. The van der Waals surface area contributed by atoms with Gasteiger partial charge in [-0.2, -0.15) is 0 Å². The summed E-state index contributed by atoms with van der Waals surface area (Å²) in [6, 6.07) is 23.6. The van der Waals surface area contributed by atoms with E-state index in [9.17, 15) is 0 Å². The SMILES string of the molecule is COc1cccc(CO/N=C/c2cc[n+](CCC[n+]3ccc(/C=N/OCc4cccc(OC)c4)cc3)cc2)c1. The average molecular weight is 527 g/mol. The van der Waals surface area contributed by atoms with Crippen molar-refractivity contribution in [1.82, 2.24) is 0 Å². The van der Waals surface area contributed by atoms with E-state index in [1.165, 1.54) is 0 Å². The van der Waals surface area contributed by atoms with Crippen LogP contribution >= 0.6 is 0 Å². The fraction of sp³-hybridized carbons (Fsp3) is 0.226. The minimum absolute atomic E-state index is 0.393. The van der Waals surface area contributed by atoms with Crippen molar-refractivity contribution >= 4 is 12.4 Å². The monoisotopic (exact) mass is 526 g/mol. The van der Waals surface area contributed by atoms with Crippen LogP contribution in [0.25, 0.3) is 0 Å². The smallest absolute Gasteiger partial charge is 0.169 e. The summed E-state index contributed by atoms with van der Waals surface area (Å²) >= 11 is 0. The standard InChI is InChI=1S/C31H34N4O4/c1-36-30-8-3-6-28(20-30)24-38-32-22-26-10-16-34(17-11-26)14-5-15-35-18-12-27(13-19-35)23-33-39-25-29-7-4-9-31(21-29)37-2/h3-4,6-13,16-23H,5,14-15,24-25H2,1-2H3/q+2/b32-22+,33-23+. The first-order valence-corrected chi connectivity index (χ1v) is 12.8. The lowest BCUT2D eigenvalue weighted by Crippen LogP contribution is -2.38. The maximum absolute atomic E-state index is 5.41. The highest BCUT2D eigenvalue weighted by Crippen LogP contribution is 2.14. The third kappa shape index (κ3) is 9.27. The van der Waals surface area contributed by atoms with Crippen molar-refractivity contribution in [2.24, 2.45) is 10.3 Å². The summed E-state index contributed by atoms with van der Waals surface area (Å²) in [5.74, 6) is 1.61. The van der Waals surface area contributed by atoms with Gasteiger partial charge in [0.05, 0.1) is 33.1 Å². The number of methoxy groups -OCH3 is 2. The summed E-state index contributed by atoms with van der Waals surface area (Å²) < 4.78 is 14.8. The Labute approximate surface area is 229 Å². The average Bonchev–Trinajstić information content (AvgIpc) is 2.99. The largest absolute Gasteiger partial charge is 0.497 e. The Hall–Kier alpha value is -4.72. The molecule has 0 bridgehead atoms. The van der Waals surface area contributed by atoms with Crippen molar-refractivity contribution in [1.29, 1.82) is 0 Å². The van der Waals surface area contributed by atoms with Crippen molar-refractivity contribution in [3.05, 3.63) is 120 Å². The topological polar surface area (TPSA) is 69.4 Å². The molecule has 200 valence electrons. The molecule has 8 heteroatoms. The second-order valence-electron chi connectivity index (χ2n) is 8.81. The Balaban J connectivity index is 1.14. The Morgan fingerprint density at radius 2 is 1.05 bits per heavy atom. The summed E-state index contributed by atoms with van der Waals surface area (Å²) in [6.45, 7) is 2.62. The molecule has 2 aromatic carbocycles. The molecule has 0 atom stereocenters. The zero-order valence-corrected chi connectivity index (χ0v) is 22.3. The quantitative estimate of drug-likeness (QED) is 0.138. The number of hydrogen-bond donors (Lipinski definition) is 0. The molecule has 0 saturated heterocycles. The second kappa shape index (κ2) is 14.9. The van der Waals surface area contributed by atoms with Crippen molar-refractivity contribution < 1.29 is 28.3 Å².